The van der Waals surface area contributed by atoms with Gasteiger partial charge in [-0.1, -0.05) is 57.3 Å². The van der Waals surface area contributed by atoms with Crippen molar-refractivity contribution >= 4 is 11.6 Å². The average molecular weight is 391 g/mol. The zero-order valence-corrected chi connectivity index (χ0v) is 17.6. The highest BCUT2D eigenvalue weighted by molar-refractivity contribution is 6.31. The van der Waals surface area contributed by atoms with Gasteiger partial charge in [0, 0.05) is 18.3 Å². The van der Waals surface area contributed by atoms with E-state index in [-0.39, 0.29) is 0 Å². The number of hydrogen-bond donors (Lipinski definition) is 1. The van der Waals surface area contributed by atoms with Gasteiger partial charge < -0.3 is 14.8 Å². The number of methoxy groups -OCH3 is 1. The maximum Gasteiger partial charge on any atom is 0.238 e. The molecular formula is C22H31ClN2O2. The standard InChI is InChI=1S/C22H31ClN2O2/c1-5-16(2)11-12-17(3)14-24-15-18-8-6-10-20(26-4)21(18)27-22-19(23)9-7-13-25-22/h6-10,13,16-17,24H,5,11-12,14-15H2,1-4H3. The summed E-state index contributed by atoms with van der Waals surface area (Å²) in [5.41, 5.74) is 1.02. The van der Waals surface area contributed by atoms with Crippen molar-refractivity contribution in [3.63, 3.8) is 0 Å². The van der Waals surface area contributed by atoms with Crippen LogP contribution in [-0.4, -0.2) is 18.6 Å². The number of pyridine rings is 1. The van der Waals surface area contributed by atoms with Gasteiger partial charge in [0.25, 0.3) is 0 Å². The van der Waals surface area contributed by atoms with E-state index in [4.69, 9.17) is 21.1 Å². The van der Waals surface area contributed by atoms with Crippen LogP contribution in [0.3, 0.4) is 0 Å². The SMILES string of the molecule is CCC(C)CCC(C)CNCc1cccc(OC)c1Oc1ncccc1Cl. The zero-order valence-electron chi connectivity index (χ0n) is 16.8. The Hall–Kier alpha value is -1.78. The lowest BCUT2D eigenvalue weighted by Gasteiger charge is -2.17. The lowest BCUT2D eigenvalue weighted by Crippen LogP contribution is -2.21. The molecule has 0 amide bonds. The lowest BCUT2D eigenvalue weighted by molar-refractivity contribution is 0.369. The monoisotopic (exact) mass is 390 g/mol. The third-order valence-corrected chi connectivity index (χ3v) is 5.15. The maximum atomic E-state index is 6.20. The van der Waals surface area contributed by atoms with Crippen molar-refractivity contribution in [1.82, 2.24) is 10.3 Å². The summed E-state index contributed by atoms with van der Waals surface area (Å²) >= 11 is 6.20. The molecule has 0 saturated carbocycles. The number of nitrogens with one attached hydrogen (secondary N) is 1. The van der Waals surface area contributed by atoms with Gasteiger partial charge in [0.2, 0.25) is 5.88 Å². The van der Waals surface area contributed by atoms with E-state index in [2.05, 4.69) is 31.1 Å². The molecule has 2 unspecified atom stereocenters. The molecule has 0 aliphatic heterocycles. The fraction of sp³-hybridized carbons (Fsp3) is 0.500. The molecule has 0 aliphatic carbocycles. The van der Waals surface area contributed by atoms with E-state index in [1.54, 1.807) is 25.4 Å². The number of benzene rings is 1. The van der Waals surface area contributed by atoms with Gasteiger partial charge in [0.15, 0.2) is 11.5 Å². The highest BCUT2D eigenvalue weighted by atomic mass is 35.5. The van der Waals surface area contributed by atoms with E-state index in [1.807, 2.05) is 18.2 Å². The molecule has 0 aliphatic rings. The van der Waals surface area contributed by atoms with Crippen LogP contribution in [0.15, 0.2) is 36.5 Å². The number of hydrogen-bond acceptors (Lipinski definition) is 4. The zero-order chi connectivity index (χ0) is 19.6. The van der Waals surface area contributed by atoms with E-state index in [1.165, 1.54) is 19.3 Å². The van der Waals surface area contributed by atoms with Crippen molar-refractivity contribution in [2.75, 3.05) is 13.7 Å². The molecule has 1 N–H and O–H groups in total. The summed E-state index contributed by atoms with van der Waals surface area (Å²) in [6.45, 7) is 8.54. The quantitative estimate of drug-likeness (QED) is 0.504. The highest BCUT2D eigenvalue weighted by Crippen LogP contribution is 2.36. The molecule has 1 heterocycles. The van der Waals surface area contributed by atoms with Gasteiger partial charge >= 0.3 is 0 Å². The fourth-order valence-corrected chi connectivity index (χ4v) is 3.01. The van der Waals surface area contributed by atoms with Crippen LogP contribution >= 0.6 is 11.6 Å². The molecule has 0 saturated heterocycles. The summed E-state index contributed by atoms with van der Waals surface area (Å²) in [5.74, 6) is 3.14. The van der Waals surface area contributed by atoms with E-state index < -0.39 is 0 Å². The van der Waals surface area contributed by atoms with Crippen LogP contribution in [0, 0.1) is 11.8 Å². The Morgan fingerprint density at radius 3 is 2.59 bits per heavy atom. The van der Waals surface area contributed by atoms with Gasteiger partial charge in [-0.15, -0.1) is 0 Å². The molecule has 27 heavy (non-hydrogen) atoms. The molecule has 1 aromatic heterocycles. The first kappa shape index (κ1) is 21.5. The lowest BCUT2D eigenvalue weighted by atomic mass is 9.96. The molecule has 0 radical (unpaired) electrons. The van der Waals surface area contributed by atoms with Crippen LogP contribution in [0.25, 0.3) is 0 Å². The molecule has 5 heteroatoms. The molecule has 2 rings (SSSR count). The van der Waals surface area contributed by atoms with E-state index >= 15 is 0 Å². The minimum atomic E-state index is 0.381. The van der Waals surface area contributed by atoms with E-state index in [9.17, 15) is 0 Å². The van der Waals surface area contributed by atoms with Crippen molar-refractivity contribution in [2.24, 2.45) is 11.8 Å². The normalized spacial score (nSPS) is 13.2. The van der Waals surface area contributed by atoms with Crippen LogP contribution in [-0.2, 0) is 6.54 Å². The second-order valence-electron chi connectivity index (χ2n) is 7.17. The molecule has 4 nitrogen and oxygen atoms in total. The second kappa shape index (κ2) is 11.2. The molecule has 1 aromatic carbocycles. The van der Waals surface area contributed by atoms with Gasteiger partial charge in [-0.25, -0.2) is 4.98 Å². The number of halogens is 1. The summed E-state index contributed by atoms with van der Waals surface area (Å²) in [4.78, 5) is 4.22. The summed E-state index contributed by atoms with van der Waals surface area (Å²) in [6.07, 6.45) is 5.44. The van der Waals surface area contributed by atoms with Crippen LogP contribution in [0.4, 0.5) is 0 Å². The Morgan fingerprint density at radius 1 is 1.11 bits per heavy atom. The van der Waals surface area contributed by atoms with Gasteiger partial charge in [-0.05, 0) is 43.0 Å². The van der Waals surface area contributed by atoms with Crippen LogP contribution in [0.1, 0.15) is 45.6 Å². The Bertz CT molecular complexity index is 708. The predicted octanol–water partition coefficient (Wildman–Crippen LogP) is 6.09. The van der Waals surface area contributed by atoms with Crippen LogP contribution in [0.2, 0.25) is 5.02 Å². The molecule has 2 aromatic rings. The third kappa shape index (κ3) is 6.71. The van der Waals surface area contributed by atoms with Crippen LogP contribution < -0.4 is 14.8 Å². The molecular weight excluding hydrogens is 360 g/mol. The van der Waals surface area contributed by atoms with E-state index in [0.717, 1.165) is 18.0 Å². The summed E-state index contributed by atoms with van der Waals surface area (Å²) < 4.78 is 11.5. The Labute approximate surface area is 168 Å². The van der Waals surface area contributed by atoms with Gasteiger partial charge in [-0.2, -0.15) is 0 Å². The fourth-order valence-electron chi connectivity index (χ4n) is 2.85. The van der Waals surface area contributed by atoms with Crippen LogP contribution in [0.5, 0.6) is 17.4 Å². The van der Waals surface area contributed by atoms with Crippen molar-refractivity contribution in [1.29, 1.82) is 0 Å². The van der Waals surface area contributed by atoms with Crippen molar-refractivity contribution in [3.05, 3.63) is 47.1 Å². The number of aromatic nitrogens is 1. The first-order chi connectivity index (χ1) is 13.0. The van der Waals surface area contributed by atoms with Gasteiger partial charge in [0.05, 0.1) is 7.11 Å². The summed E-state index contributed by atoms with van der Waals surface area (Å²) in [6, 6.07) is 9.42. The first-order valence-corrected chi connectivity index (χ1v) is 10.1. The maximum absolute atomic E-state index is 6.20. The number of para-hydroxylation sites is 1. The van der Waals surface area contributed by atoms with Gasteiger partial charge in [-0.3, -0.25) is 0 Å². The van der Waals surface area contributed by atoms with E-state index in [0.29, 0.717) is 34.9 Å². The first-order valence-electron chi connectivity index (χ1n) is 9.70. The third-order valence-electron chi connectivity index (χ3n) is 4.86. The Morgan fingerprint density at radius 2 is 1.89 bits per heavy atom. The second-order valence-corrected chi connectivity index (χ2v) is 7.58. The minimum Gasteiger partial charge on any atom is -0.493 e. The topological polar surface area (TPSA) is 43.4 Å². The Kier molecular flexibility index (Phi) is 8.89. The predicted molar refractivity (Wildman–Crippen MR) is 112 cm³/mol. The summed E-state index contributed by atoms with van der Waals surface area (Å²) in [7, 11) is 1.64. The van der Waals surface area contributed by atoms with Crippen molar-refractivity contribution < 1.29 is 9.47 Å². The number of rotatable bonds is 11. The minimum absolute atomic E-state index is 0.381. The smallest absolute Gasteiger partial charge is 0.238 e. The average Bonchev–Trinajstić information content (AvgIpc) is 2.68. The molecule has 2 atom stereocenters. The number of nitrogens with zero attached hydrogens (tertiary/aromatic N) is 1. The largest absolute Gasteiger partial charge is 0.493 e. The molecule has 0 fully saturated rings. The summed E-state index contributed by atoms with van der Waals surface area (Å²) in [5, 5.41) is 4.02. The van der Waals surface area contributed by atoms with Crippen molar-refractivity contribution in [2.45, 2.75) is 46.6 Å². The van der Waals surface area contributed by atoms with Gasteiger partial charge in [0.1, 0.15) is 5.02 Å². The number of ether oxygens (including phenoxy) is 2. The van der Waals surface area contributed by atoms with Crippen molar-refractivity contribution in [3.8, 4) is 17.4 Å². The molecule has 148 valence electrons. The Balaban J connectivity index is 2.01. The molecule has 0 spiro atoms. The highest BCUT2D eigenvalue weighted by Gasteiger charge is 2.14. The molecule has 0 bridgehead atoms.